The van der Waals surface area contributed by atoms with Gasteiger partial charge in [0.25, 0.3) is 11.8 Å². The molecule has 3 fully saturated rings. The number of halogens is 1. The quantitative estimate of drug-likeness (QED) is 0.168. The van der Waals surface area contributed by atoms with Crippen LogP contribution >= 0.6 is 15.9 Å². The summed E-state index contributed by atoms with van der Waals surface area (Å²) in [6.07, 6.45) is 2.38. The third-order valence-electron chi connectivity index (χ3n) is 11.0. The van der Waals surface area contributed by atoms with Crippen LogP contribution in [0.5, 0.6) is 11.5 Å². The van der Waals surface area contributed by atoms with Gasteiger partial charge in [-0.25, -0.2) is 0 Å². The number of rotatable bonds is 6. The summed E-state index contributed by atoms with van der Waals surface area (Å²) in [4.78, 5) is 59.8. The molecule has 2 heterocycles. The standard InChI is InChI=1S/C40H34BrN3O6/c1-22-11-15-25(16-12-22)42-44-37(47)30-21-29-27(19-20-28-33(29)38(48)43(36(28)46)26-17-13-24(41)14-18-26)35(34-31(45)9-6-10-32(34)50-2)40(30,39(44)49)23-7-4-3-5-8-23/h3-19,28-30,33,35,42,45H,20-21H2,1-2H3. The molecule has 4 amide bonds. The van der Waals surface area contributed by atoms with E-state index in [0.717, 1.165) is 20.6 Å². The van der Waals surface area contributed by atoms with E-state index in [2.05, 4.69) is 21.4 Å². The predicted molar refractivity (Wildman–Crippen MR) is 190 cm³/mol. The number of fused-ring (bicyclic) bond motifs is 4. The first-order valence-corrected chi connectivity index (χ1v) is 17.4. The van der Waals surface area contributed by atoms with Crippen LogP contribution < -0.4 is 15.1 Å². The second kappa shape index (κ2) is 12.0. The highest BCUT2D eigenvalue weighted by atomic mass is 79.9. The molecule has 4 aromatic carbocycles. The van der Waals surface area contributed by atoms with Crippen LogP contribution in [0.4, 0.5) is 11.4 Å². The molecule has 2 saturated heterocycles. The van der Waals surface area contributed by atoms with Crippen LogP contribution in [-0.2, 0) is 24.6 Å². The van der Waals surface area contributed by atoms with Gasteiger partial charge < -0.3 is 9.84 Å². The number of hydrogen-bond donors (Lipinski definition) is 2. The fraction of sp³-hybridized carbons (Fsp3) is 0.250. The first-order valence-electron chi connectivity index (χ1n) is 16.6. The smallest absolute Gasteiger partial charge is 0.260 e. The Kier molecular flexibility index (Phi) is 7.67. The summed E-state index contributed by atoms with van der Waals surface area (Å²) in [6.45, 7) is 1.95. The summed E-state index contributed by atoms with van der Waals surface area (Å²) in [5, 5.41) is 12.8. The number of nitrogens with zero attached hydrogens (tertiary/aromatic N) is 2. The topological polar surface area (TPSA) is 116 Å². The third kappa shape index (κ3) is 4.57. The maximum atomic E-state index is 15.3. The Balaban J connectivity index is 1.34. The van der Waals surface area contributed by atoms with E-state index in [9.17, 15) is 19.5 Å². The molecule has 10 heteroatoms. The van der Waals surface area contributed by atoms with Crippen LogP contribution in [0.1, 0.15) is 35.4 Å². The lowest BCUT2D eigenvalue weighted by molar-refractivity contribution is -0.138. The van der Waals surface area contributed by atoms with Crippen LogP contribution in [0.3, 0.4) is 0 Å². The summed E-state index contributed by atoms with van der Waals surface area (Å²) in [5.41, 5.74) is 5.35. The monoisotopic (exact) mass is 731 g/mol. The molecule has 0 spiro atoms. The number of carbonyl (C=O) groups is 4. The average Bonchev–Trinajstić information content (AvgIpc) is 3.51. The van der Waals surface area contributed by atoms with E-state index >= 15 is 4.79 Å². The third-order valence-corrected chi connectivity index (χ3v) is 11.6. The first kappa shape index (κ1) is 32.0. The summed E-state index contributed by atoms with van der Waals surface area (Å²) in [5.74, 6) is -5.10. The average molecular weight is 733 g/mol. The number of phenolic OH excluding ortho intramolecular Hbond substituents is 1. The number of amides is 4. The van der Waals surface area contributed by atoms with Crippen LogP contribution in [-0.4, -0.2) is 40.9 Å². The van der Waals surface area contributed by atoms with E-state index in [1.54, 1.807) is 42.5 Å². The molecule has 252 valence electrons. The molecule has 0 radical (unpaired) electrons. The second-order valence-electron chi connectivity index (χ2n) is 13.5. The minimum Gasteiger partial charge on any atom is -0.508 e. The number of allylic oxidation sites excluding steroid dienone is 2. The van der Waals surface area contributed by atoms with Crippen molar-refractivity contribution < 1.29 is 29.0 Å². The number of methoxy groups -OCH3 is 1. The highest BCUT2D eigenvalue weighted by molar-refractivity contribution is 9.10. The fourth-order valence-corrected chi connectivity index (χ4v) is 9.17. The summed E-state index contributed by atoms with van der Waals surface area (Å²) >= 11 is 3.43. The molecule has 2 N–H and O–H groups in total. The molecule has 1 saturated carbocycles. The number of imide groups is 2. The summed E-state index contributed by atoms with van der Waals surface area (Å²) in [7, 11) is 1.50. The van der Waals surface area contributed by atoms with Gasteiger partial charge in [-0.2, -0.15) is 5.01 Å². The van der Waals surface area contributed by atoms with Crippen molar-refractivity contribution in [3.63, 3.8) is 0 Å². The highest BCUT2D eigenvalue weighted by Gasteiger charge is 2.71. The van der Waals surface area contributed by atoms with Crippen molar-refractivity contribution in [3.05, 3.63) is 130 Å². The number of carbonyl (C=O) groups excluding carboxylic acids is 4. The van der Waals surface area contributed by atoms with Crippen molar-refractivity contribution in [1.29, 1.82) is 0 Å². The Bertz CT molecular complexity index is 2080. The number of benzene rings is 4. The van der Waals surface area contributed by atoms with Gasteiger partial charge in [-0.3, -0.25) is 29.5 Å². The molecule has 8 rings (SSSR count). The normalized spacial score (nSPS) is 27.1. The fourth-order valence-electron chi connectivity index (χ4n) is 8.91. The molecule has 2 aliphatic heterocycles. The van der Waals surface area contributed by atoms with Gasteiger partial charge in [-0.05, 0) is 79.8 Å². The Labute approximate surface area is 297 Å². The Morgan fingerprint density at radius 3 is 2.26 bits per heavy atom. The lowest BCUT2D eigenvalue weighted by Gasteiger charge is -2.50. The molecule has 4 aliphatic rings. The van der Waals surface area contributed by atoms with E-state index < -0.39 is 46.8 Å². The molecular formula is C40H34BrN3O6. The van der Waals surface area contributed by atoms with Crippen molar-refractivity contribution in [2.75, 3.05) is 17.4 Å². The lowest BCUT2D eigenvalue weighted by atomic mass is 9.49. The molecule has 6 atom stereocenters. The zero-order chi connectivity index (χ0) is 34.9. The van der Waals surface area contributed by atoms with Gasteiger partial charge in [0, 0.05) is 16.0 Å². The molecule has 9 nitrogen and oxygen atoms in total. The first-order chi connectivity index (χ1) is 24.2. The predicted octanol–water partition coefficient (Wildman–Crippen LogP) is 6.66. The largest absolute Gasteiger partial charge is 0.508 e. The van der Waals surface area contributed by atoms with Gasteiger partial charge in [0.15, 0.2) is 0 Å². The van der Waals surface area contributed by atoms with Crippen LogP contribution in [0.2, 0.25) is 0 Å². The van der Waals surface area contributed by atoms with Crippen LogP contribution in [0.15, 0.2) is 113 Å². The zero-order valence-corrected chi connectivity index (χ0v) is 29.0. The number of aryl methyl sites for hydroxylation is 1. The molecule has 50 heavy (non-hydrogen) atoms. The Morgan fingerprint density at radius 1 is 0.840 bits per heavy atom. The zero-order valence-electron chi connectivity index (χ0n) is 27.4. The number of phenols is 1. The van der Waals surface area contributed by atoms with Crippen molar-refractivity contribution in [1.82, 2.24) is 5.01 Å². The molecule has 0 bridgehead atoms. The van der Waals surface area contributed by atoms with E-state index in [1.165, 1.54) is 12.0 Å². The summed E-state index contributed by atoms with van der Waals surface area (Å²) < 4.78 is 6.67. The van der Waals surface area contributed by atoms with E-state index in [-0.39, 0.29) is 30.4 Å². The number of hydrazine groups is 1. The van der Waals surface area contributed by atoms with Gasteiger partial charge in [0.1, 0.15) is 11.5 Å². The van der Waals surface area contributed by atoms with Gasteiger partial charge in [-0.1, -0.05) is 81.7 Å². The number of aromatic hydroxyl groups is 1. The minimum atomic E-state index is -1.52. The number of anilines is 2. The molecular weight excluding hydrogens is 698 g/mol. The van der Waals surface area contributed by atoms with E-state index in [1.807, 2.05) is 67.6 Å². The number of hydrogen-bond acceptors (Lipinski definition) is 7. The van der Waals surface area contributed by atoms with E-state index in [0.29, 0.717) is 28.3 Å². The summed E-state index contributed by atoms with van der Waals surface area (Å²) in [6, 6.07) is 28.6. The SMILES string of the molecule is COc1cccc(O)c1C1C2=CCC3C(=O)N(c4ccc(Br)cc4)C(=O)C3C2CC2C(=O)N(Nc3ccc(C)cc3)C(=O)C21c1ccccc1. The molecule has 2 aliphatic carbocycles. The van der Waals surface area contributed by atoms with Gasteiger partial charge in [0.05, 0.1) is 41.7 Å². The molecule has 4 aromatic rings. The van der Waals surface area contributed by atoms with Crippen LogP contribution in [0.25, 0.3) is 0 Å². The molecule has 6 unspecified atom stereocenters. The maximum Gasteiger partial charge on any atom is 0.260 e. The Morgan fingerprint density at radius 2 is 1.56 bits per heavy atom. The van der Waals surface area contributed by atoms with Crippen molar-refractivity contribution in [3.8, 4) is 11.5 Å². The maximum absolute atomic E-state index is 15.3. The lowest BCUT2D eigenvalue weighted by Crippen LogP contribution is -2.53. The molecule has 0 aromatic heterocycles. The number of nitrogens with one attached hydrogen (secondary N) is 1. The highest BCUT2D eigenvalue weighted by Crippen LogP contribution is 2.66. The second-order valence-corrected chi connectivity index (χ2v) is 14.4. The number of ether oxygens (including phenoxy) is 1. The van der Waals surface area contributed by atoms with Gasteiger partial charge >= 0.3 is 0 Å². The van der Waals surface area contributed by atoms with Crippen molar-refractivity contribution >= 4 is 50.9 Å². The van der Waals surface area contributed by atoms with E-state index in [4.69, 9.17) is 4.74 Å². The van der Waals surface area contributed by atoms with Gasteiger partial charge in [0.2, 0.25) is 11.8 Å². The van der Waals surface area contributed by atoms with Crippen molar-refractivity contribution in [2.45, 2.75) is 31.1 Å². The minimum absolute atomic E-state index is 0.0948. The van der Waals surface area contributed by atoms with Crippen molar-refractivity contribution in [2.24, 2.45) is 23.7 Å². The Hall–Kier alpha value is -5.22. The van der Waals surface area contributed by atoms with Gasteiger partial charge in [-0.15, -0.1) is 0 Å². The van der Waals surface area contributed by atoms with Crippen LogP contribution in [0, 0.1) is 30.6 Å².